The third-order valence-electron chi connectivity index (χ3n) is 2.52. The topological polar surface area (TPSA) is 70.1 Å². The molecule has 2 heterocycles. The lowest BCUT2D eigenvalue weighted by molar-refractivity contribution is 0.00870. The molecule has 1 saturated heterocycles. The number of rotatable bonds is 1. The minimum atomic E-state index is -0.380. The smallest absolute Gasteiger partial charge is 0.351 e. The van der Waals surface area contributed by atoms with Crippen molar-refractivity contribution in [2.24, 2.45) is 0 Å². The van der Waals surface area contributed by atoms with Gasteiger partial charge in [-0.05, 0) is 13.0 Å². The van der Waals surface area contributed by atoms with E-state index in [1.165, 1.54) is 4.57 Å². The van der Waals surface area contributed by atoms with Crippen LogP contribution < -0.4 is 11.4 Å². The van der Waals surface area contributed by atoms with E-state index in [1.807, 2.05) is 6.92 Å². The number of ether oxygens (including phenoxy) is 1. The zero-order valence-electron chi connectivity index (χ0n) is 8.33. The van der Waals surface area contributed by atoms with Crippen LogP contribution in [0.5, 0.6) is 0 Å². The van der Waals surface area contributed by atoms with Gasteiger partial charge in [0.05, 0.1) is 6.10 Å². The van der Waals surface area contributed by atoms with E-state index in [-0.39, 0.29) is 29.1 Å². The van der Waals surface area contributed by atoms with Crippen molar-refractivity contribution < 1.29 is 4.74 Å². The molecule has 1 aromatic rings. The van der Waals surface area contributed by atoms with Crippen LogP contribution >= 0.6 is 12.6 Å². The lowest BCUT2D eigenvalue weighted by Gasteiger charge is -2.13. The fraction of sp³-hybridized carbons (Fsp3) is 0.556. The first-order chi connectivity index (χ1) is 7.08. The predicted octanol–water partition coefficient (Wildman–Crippen LogP) is 0.431. The summed E-state index contributed by atoms with van der Waals surface area (Å²) < 4.78 is 7.03. The zero-order valence-corrected chi connectivity index (χ0v) is 9.22. The Morgan fingerprint density at radius 3 is 3.00 bits per heavy atom. The van der Waals surface area contributed by atoms with Crippen LogP contribution in [-0.4, -0.2) is 20.9 Å². The van der Waals surface area contributed by atoms with Gasteiger partial charge < -0.3 is 10.5 Å². The van der Waals surface area contributed by atoms with Gasteiger partial charge in [-0.1, -0.05) is 0 Å². The molecule has 1 aliphatic rings. The number of nitrogens with two attached hydrogens (primary N) is 1. The fourth-order valence-electron chi connectivity index (χ4n) is 1.62. The van der Waals surface area contributed by atoms with E-state index in [9.17, 15) is 4.79 Å². The van der Waals surface area contributed by atoms with Crippen LogP contribution in [0.4, 0.5) is 5.82 Å². The first-order valence-electron chi connectivity index (χ1n) is 4.76. The second-order valence-corrected chi connectivity index (χ2v) is 4.30. The maximum Gasteiger partial charge on any atom is 0.351 e. The molecule has 6 heteroatoms. The van der Waals surface area contributed by atoms with Gasteiger partial charge in [0.1, 0.15) is 12.0 Å². The Bertz CT molecular complexity index is 410. The molecule has 0 spiro atoms. The molecule has 15 heavy (non-hydrogen) atoms. The SMILES string of the molecule is C[C@H]1O[C@@H](n2ccc(N)nc2=O)C[C@@H]1S. The van der Waals surface area contributed by atoms with E-state index in [1.54, 1.807) is 12.3 Å². The standard InChI is InChI=1S/C9H13N3O2S/c1-5-6(15)4-8(14-5)12-3-2-7(10)11-9(12)13/h2-3,5-6,8,15H,4H2,1H3,(H2,10,11,13)/t5-,6+,8-/m1/s1. The summed E-state index contributed by atoms with van der Waals surface area (Å²) in [6.45, 7) is 1.94. The van der Waals surface area contributed by atoms with Crippen LogP contribution in [0.15, 0.2) is 17.1 Å². The zero-order chi connectivity index (χ0) is 11.0. The minimum absolute atomic E-state index is 0.0442. The Kier molecular flexibility index (Phi) is 2.70. The molecule has 1 aliphatic heterocycles. The van der Waals surface area contributed by atoms with Gasteiger partial charge in [-0.3, -0.25) is 4.57 Å². The number of nitrogen functional groups attached to an aromatic ring is 1. The summed E-state index contributed by atoms with van der Waals surface area (Å²) in [5.74, 6) is 0.227. The van der Waals surface area contributed by atoms with Gasteiger partial charge in [-0.25, -0.2) is 4.79 Å². The normalized spacial score (nSPS) is 30.7. The second-order valence-electron chi connectivity index (χ2n) is 3.64. The van der Waals surface area contributed by atoms with E-state index in [4.69, 9.17) is 10.5 Å². The molecule has 0 saturated carbocycles. The highest BCUT2D eigenvalue weighted by atomic mass is 32.1. The molecule has 0 aliphatic carbocycles. The number of hydrogen-bond acceptors (Lipinski definition) is 5. The summed E-state index contributed by atoms with van der Waals surface area (Å²) in [6, 6.07) is 1.58. The summed E-state index contributed by atoms with van der Waals surface area (Å²) in [5, 5.41) is 0.152. The van der Waals surface area contributed by atoms with Crippen LogP contribution in [0.1, 0.15) is 19.6 Å². The molecule has 2 N–H and O–H groups in total. The molecule has 82 valence electrons. The Balaban J connectivity index is 2.28. The van der Waals surface area contributed by atoms with Crippen molar-refractivity contribution in [2.45, 2.75) is 30.9 Å². The first kappa shape index (κ1) is 10.5. The molecule has 3 atom stereocenters. The summed E-state index contributed by atoms with van der Waals surface area (Å²) in [5.41, 5.74) is 5.02. The Morgan fingerprint density at radius 1 is 1.73 bits per heavy atom. The monoisotopic (exact) mass is 227 g/mol. The van der Waals surface area contributed by atoms with Crippen LogP contribution in [-0.2, 0) is 4.74 Å². The Hall–Kier alpha value is -1.01. The van der Waals surface area contributed by atoms with Gasteiger partial charge in [0, 0.05) is 17.9 Å². The van der Waals surface area contributed by atoms with Crippen molar-refractivity contribution in [1.82, 2.24) is 9.55 Å². The van der Waals surface area contributed by atoms with Gasteiger partial charge in [-0.2, -0.15) is 17.6 Å². The fourth-order valence-corrected chi connectivity index (χ4v) is 1.87. The summed E-state index contributed by atoms with van der Waals surface area (Å²) in [6.07, 6.45) is 2.08. The van der Waals surface area contributed by atoms with Crippen molar-refractivity contribution in [1.29, 1.82) is 0 Å². The maximum atomic E-state index is 11.5. The van der Waals surface area contributed by atoms with Gasteiger partial charge in [0.15, 0.2) is 0 Å². The molecule has 0 unspecified atom stereocenters. The maximum absolute atomic E-state index is 11.5. The molecule has 5 nitrogen and oxygen atoms in total. The first-order valence-corrected chi connectivity index (χ1v) is 5.28. The molecular weight excluding hydrogens is 214 g/mol. The second kappa shape index (κ2) is 3.86. The van der Waals surface area contributed by atoms with Crippen molar-refractivity contribution in [3.8, 4) is 0 Å². The Morgan fingerprint density at radius 2 is 2.47 bits per heavy atom. The van der Waals surface area contributed by atoms with Crippen molar-refractivity contribution >= 4 is 18.4 Å². The highest BCUT2D eigenvalue weighted by Gasteiger charge is 2.31. The largest absolute Gasteiger partial charge is 0.383 e. The van der Waals surface area contributed by atoms with Crippen molar-refractivity contribution in [3.05, 3.63) is 22.7 Å². The average molecular weight is 227 g/mol. The quantitative estimate of drug-likeness (QED) is 0.683. The van der Waals surface area contributed by atoms with E-state index < -0.39 is 0 Å². The third-order valence-corrected chi connectivity index (χ3v) is 3.15. The van der Waals surface area contributed by atoms with Crippen LogP contribution in [0.25, 0.3) is 0 Å². The number of anilines is 1. The van der Waals surface area contributed by atoms with Crippen LogP contribution in [0.3, 0.4) is 0 Å². The molecule has 0 radical (unpaired) electrons. The number of thiol groups is 1. The summed E-state index contributed by atoms with van der Waals surface area (Å²) >= 11 is 4.37. The van der Waals surface area contributed by atoms with E-state index in [0.717, 1.165) is 0 Å². The third kappa shape index (κ3) is 2.00. The molecule has 2 rings (SSSR count). The minimum Gasteiger partial charge on any atom is -0.383 e. The molecule has 0 aromatic carbocycles. The van der Waals surface area contributed by atoms with Crippen LogP contribution in [0.2, 0.25) is 0 Å². The molecule has 1 fully saturated rings. The average Bonchev–Trinajstić information content (AvgIpc) is 2.46. The Labute approximate surface area is 92.7 Å². The highest BCUT2D eigenvalue weighted by molar-refractivity contribution is 7.81. The van der Waals surface area contributed by atoms with Crippen LogP contribution in [0, 0.1) is 0 Å². The summed E-state index contributed by atoms with van der Waals surface area (Å²) in [7, 11) is 0. The van der Waals surface area contributed by atoms with E-state index >= 15 is 0 Å². The summed E-state index contributed by atoms with van der Waals surface area (Å²) in [4.78, 5) is 15.2. The van der Waals surface area contributed by atoms with Gasteiger partial charge in [0.2, 0.25) is 0 Å². The number of aromatic nitrogens is 2. The molecule has 1 aromatic heterocycles. The molecule has 0 bridgehead atoms. The molecular formula is C9H13N3O2S. The number of nitrogens with zero attached hydrogens (tertiary/aromatic N) is 2. The van der Waals surface area contributed by atoms with Crippen molar-refractivity contribution in [3.63, 3.8) is 0 Å². The molecule has 0 amide bonds. The number of hydrogen-bond donors (Lipinski definition) is 2. The highest BCUT2D eigenvalue weighted by Crippen LogP contribution is 2.30. The van der Waals surface area contributed by atoms with E-state index in [2.05, 4.69) is 17.6 Å². The van der Waals surface area contributed by atoms with Crippen molar-refractivity contribution in [2.75, 3.05) is 5.73 Å². The lowest BCUT2D eigenvalue weighted by atomic mass is 10.2. The van der Waals surface area contributed by atoms with E-state index in [0.29, 0.717) is 6.42 Å². The van der Waals surface area contributed by atoms with Gasteiger partial charge >= 0.3 is 5.69 Å². The predicted molar refractivity (Wildman–Crippen MR) is 59.9 cm³/mol. The van der Waals surface area contributed by atoms with Gasteiger partial charge in [0.25, 0.3) is 0 Å². The van der Waals surface area contributed by atoms with Gasteiger partial charge in [-0.15, -0.1) is 0 Å². The lowest BCUT2D eigenvalue weighted by Crippen LogP contribution is -2.27.